The van der Waals surface area contributed by atoms with Gasteiger partial charge in [-0.2, -0.15) is 0 Å². The van der Waals surface area contributed by atoms with Crippen molar-refractivity contribution in [2.45, 2.75) is 32.9 Å². The second-order valence-electron chi connectivity index (χ2n) is 3.72. The highest BCUT2D eigenvalue weighted by Gasteiger charge is 2.08. The molecule has 0 amide bonds. The molecule has 0 saturated heterocycles. The van der Waals surface area contributed by atoms with Gasteiger partial charge in [-0.25, -0.2) is 4.98 Å². The summed E-state index contributed by atoms with van der Waals surface area (Å²) in [5.74, 6) is 0.641. The Morgan fingerprint density at radius 2 is 2.29 bits per heavy atom. The molecule has 0 aromatic carbocycles. The number of anilines is 1. The summed E-state index contributed by atoms with van der Waals surface area (Å²) in [6.07, 6.45) is 2.87. The van der Waals surface area contributed by atoms with Gasteiger partial charge >= 0.3 is 0 Å². The van der Waals surface area contributed by atoms with Gasteiger partial charge in [-0.05, 0) is 26.5 Å². The first-order valence-corrected chi connectivity index (χ1v) is 5.04. The Labute approximate surface area is 85.9 Å². The number of rotatable bonds is 4. The van der Waals surface area contributed by atoms with E-state index in [4.69, 9.17) is 5.73 Å². The van der Waals surface area contributed by atoms with Gasteiger partial charge in [0.15, 0.2) is 0 Å². The zero-order valence-electron chi connectivity index (χ0n) is 9.20. The van der Waals surface area contributed by atoms with Crippen LogP contribution in [-0.2, 0) is 6.54 Å². The fourth-order valence-electron chi connectivity index (χ4n) is 1.32. The first-order valence-electron chi connectivity index (χ1n) is 5.04. The van der Waals surface area contributed by atoms with Crippen LogP contribution in [0.4, 0.5) is 5.82 Å². The number of nitrogen functional groups attached to an aromatic ring is 1. The smallest absolute Gasteiger partial charge is 0.127 e. The molecule has 3 heteroatoms. The first-order chi connectivity index (χ1) is 6.65. The SMILES string of the molecule is CCC(C)N(C)Cc1cccnc1N. The highest BCUT2D eigenvalue weighted by atomic mass is 15.1. The molecule has 2 N–H and O–H groups in total. The molecule has 1 aromatic heterocycles. The molecule has 1 rings (SSSR count). The molecule has 0 aliphatic carbocycles. The van der Waals surface area contributed by atoms with E-state index in [1.807, 2.05) is 12.1 Å². The number of aromatic nitrogens is 1. The standard InChI is InChI=1S/C11H19N3/c1-4-9(2)14(3)8-10-6-5-7-13-11(10)12/h5-7,9H,4,8H2,1-3H3,(H2,12,13). The van der Waals surface area contributed by atoms with E-state index in [0.717, 1.165) is 18.5 Å². The van der Waals surface area contributed by atoms with Crippen molar-refractivity contribution in [2.75, 3.05) is 12.8 Å². The molecule has 1 aromatic rings. The van der Waals surface area contributed by atoms with Crippen LogP contribution >= 0.6 is 0 Å². The van der Waals surface area contributed by atoms with E-state index < -0.39 is 0 Å². The molecular weight excluding hydrogens is 174 g/mol. The molecule has 0 bridgehead atoms. The van der Waals surface area contributed by atoms with Gasteiger partial charge in [0, 0.05) is 24.3 Å². The molecule has 0 aliphatic rings. The first kappa shape index (κ1) is 11.0. The van der Waals surface area contributed by atoms with Crippen molar-refractivity contribution >= 4 is 5.82 Å². The lowest BCUT2D eigenvalue weighted by atomic mass is 10.2. The van der Waals surface area contributed by atoms with Crippen LogP contribution in [0.1, 0.15) is 25.8 Å². The zero-order valence-corrected chi connectivity index (χ0v) is 9.20. The van der Waals surface area contributed by atoms with Crippen LogP contribution in [0.3, 0.4) is 0 Å². The Morgan fingerprint density at radius 3 is 2.86 bits per heavy atom. The predicted octanol–water partition coefficient (Wildman–Crippen LogP) is 1.89. The molecular formula is C11H19N3. The molecule has 3 nitrogen and oxygen atoms in total. The topological polar surface area (TPSA) is 42.2 Å². The quantitative estimate of drug-likeness (QED) is 0.794. The largest absolute Gasteiger partial charge is 0.383 e. The predicted molar refractivity (Wildman–Crippen MR) is 59.9 cm³/mol. The van der Waals surface area contributed by atoms with Crippen LogP contribution in [-0.4, -0.2) is 23.0 Å². The molecule has 0 aliphatic heterocycles. The highest BCUT2D eigenvalue weighted by Crippen LogP contribution is 2.12. The summed E-state index contributed by atoms with van der Waals surface area (Å²) in [5.41, 5.74) is 6.88. The number of hydrogen-bond acceptors (Lipinski definition) is 3. The van der Waals surface area contributed by atoms with Crippen LogP contribution in [0, 0.1) is 0 Å². The van der Waals surface area contributed by atoms with Crippen molar-refractivity contribution < 1.29 is 0 Å². The van der Waals surface area contributed by atoms with E-state index in [1.54, 1.807) is 6.20 Å². The number of nitrogens with two attached hydrogens (primary N) is 1. The van der Waals surface area contributed by atoms with E-state index in [0.29, 0.717) is 11.9 Å². The van der Waals surface area contributed by atoms with Crippen LogP contribution in [0.5, 0.6) is 0 Å². The van der Waals surface area contributed by atoms with Gasteiger partial charge in [0.05, 0.1) is 0 Å². The average Bonchev–Trinajstić information content (AvgIpc) is 2.20. The van der Waals surface area contributed by atoms with Crippen molar-refractivity contribution in [3.05, 3.63) is 23.9 Å². The van der Waals surface area contributed by atoms with E-state index in [1.165, 1.54) is 0 Å². The lowest BCUT2D eigenvalue weighted by Gasteiger charge is -2.23. The van der Waals surface area contributed by atoms with Crippen LogP contribution in [0.2, 0.25) is 0 Å². The minimum atomic E-state index is 0.578. The summed E-state index contributed by atoms with van der Waals surface area (Å²) < 4.78 is 0. The third kappa shape index (κ3) is 2.70. The second kappa shape index (κ2) is 4.96. The maximum Gasteiger partial charge on any atom is 0.127 e. The molecule has 0 saturated carbocycles. The van der Waals surface area contributed by atoms with Crippen molar-refractivity contribution in [3.63, 3.8) is 0 Å². The molecule has 0 spiro atoms. The van der Waals surface area contributed by atoms with Crippen molar-refractivity contribution in [1.82, 2.24) is 9.88 Å². The molecule has 1 heterocycles. The molecule has 0 fully saturated rings. The van der Waals surface area contributed by atoms with Gasteiger partial charge in [0.1, 0.15) is 5.82 Å². The fourth-order valence-corrected chi connectivity index (χ4v) is 1.32. The highest BCUT2D eigenvalue weighted by molar-refractivity contribution is 5.38. The van der Waals surface area contributed by atoms with E-state index >= 15 is 0 Å². The maximum absolute atomic E-state index is 5.77. The van der Waals surface area contributed by atoms with E-state index in [-0.39, 0.29) is 0 Å². The number of hydrogen-bond donors (Lipinski definition) is 1. The monoisotopic (exact) mass is 193 g/mol. The molecule has 1 unspecified atom stereocenters. The molecule has 14 heavy (non-hydrogen) atoms. The van der Waals surface area contributed by atoms with Gasteiger partial charge < -0.3 is 5.73 Å². The average molecular weight is 193 g/mol. The van der Waals surface area contributed by atoms with Crippen molar-refractivity contribution in [3.8, 4) is 0 Å². The minimum Gasteiger partial charge on any atom is -0.383 e. The van der Waals surface area contributed by atoms with Gasteiger partial charge in [-0.1, -0.05) is 13.0 Å². The summed E-state index contributed by atoms with van der Waals surface area (Å²) >= 11 is 0. The zero-order chi connectivity index (χ0) is 10.6. The second-order valence-corrected chi connectivity index (χ2v) is 3.72. The summed E-state index contributed by atoms with van der Waals surface area (Å²) in [4.78, 5) is 6.35. The normalized spacial score (nSPS) is 13.1. The Morgan fingerprint density at radius 1 is 1.57 bits per heavy atom. The Hall–Kier alpha value is -1.09. The number of nitrogens with zero attached hydrogens (tertiary/aromatic N) is 2. The van der Waals surface area contributed by atoms with Gasteiger partial charge in [-0.15, -0.1) is 0 Å². The number of pyridine rings is 1. The fraction of sp³-hybridized carbons (Fsp3) is 0.545. The lowest BCUT2D eigenvalue weighted by molar-refractivity contribution is 0.244. The van der Waals surface area contributed by atoms with Gasteiger partial charge in [0.2, 0.25) is 0 Å². The van der Waals surface area contributed by atoms with Crippen LogP contribution < -0.4 is 5.73 Å². The summed E-state index contributed by atoms with van der Waals surface area (Å²) in [6.45, 7) is 5.27. The van der Waals surface area contributed by atoms with Gasteiger partial charge in [-0.3, -0.25) is 4.90 Å². The Bertz CT molecular complexity index is 286. The summed E-state index contributed by atoms with van der Waals surface area (Å²) in [5, 5.41) is 0. The molecule has 1 atom stereocenters. The lowest BCUT2D eigenvalue weighted by Crippen LogP contribution is -2.28. The Balaban J connectivity index is 2.64. The third-order valence-corrected chi connectivity index (χ3v) is 2.69. The Kier molecular flexibility index (Phi) is 3.89. The molecule has 0 radical (unpaired) electrons. The van der Waals surface area contributed by atoms with Crippen molar-refractivity contribution in [1.29, 1.82) is 0 Å². The maximum atomic E-state index is 5.77. The third-order valence-electron chi connectivity index (χ3n) is 2.69. The van der Waals surface area contributed by atoms with E-state index in [2.05, 4.69) is 30.8 Å². The summed E-state index contributed by atoms with van der Waals surface area (Å²) in [6, 6.07) is 4.53. The van der Waals surface area contributed by atoms with Gasteiger partial charge in [0.25, 0.3) is 0 Å². The van der Waals surface area contributed by atoms with Crippen LogP contribution in [0.25, 0.3) is 0 Å². The minimum absolute atomic E-state index is 0.578. The van der Waals surface area contributed by atoms with Crippen molar-refractivity contribution in [2.24, 2.45) is 0 Å². The summed E-state index contributed by atoms with van der Waals surface area (Å²) in [7, 11) is 2.11. The van der Waals surface area contributed by atoms with Crippen LogP contribution in [0.15, 0.2) is 18.3 Å². The van der Waals surface area contributed by atoms with E-state index in [9.17, 15) is 0 Å². The molecule has 78 valence electrons.